The van der Waals surface area contributed by atoms with Crippen LogP contribution in [0.25, 0.3) is 11.3 Å². The molecule has 2 heterocycles. The van der Waals surface area contributed by atoms with Crippen molar-refractivity contribution in [2.24, 2.45) is 0 Å². The van der Waals surface area contributed by atoms with Gasteiger partial charge in [0.2, 0.25) is 10.0 Å². The number of methoxy groups -OCH3 is 2. The zero-order valence-electron chi connectivity index (χ0n) is 17.4. The molecule has 0 radical (unpaired) electrons. The largest absolute Gasteiger partial charge is 0.493 e. The van der Waals surface area contributed by atoms with E-state index in [4.69, 9.17) is 37.7 Å². The van der Waals surface area contributed by atoms with E-state index in [0.717, 1.165) is 16.4 Å². The average Bonchev–Trinajstić information content (AvgIpc) is 3.30. The molecule has 3 aromatic rings. The number of anilines is 1. The number of ether oxygens (including phenoxy) is 2. The second-order valence-corrected chi connectivity index (χ2v) is 10.6. The zero-order valence-corrected chi connectivity index (χ0v) is 20.6. The molecule has 1 aromatic heterocycles. The van der Waals surface area contributed by atoms with Crippen molar-refractivity contribution in [1.82, 2.24) is 9.29 Å². The van der Waals surface area contributed by atoms with Gasteiger partial charge in [-0.2, -0.15) is 4.31 Å². The van der Waals surface area contributed by atoms with Gasteiger partial charge in [-0.15, -0.1) is 11.3 Å². The Morgan fingerprint density at radius 3 is 2.31 bits per heavy atom. The quantitative estimate of drug-likeness (QED) is 0.477. The van der Waals surface area contributed by atoms with E-state index in [-0.39, 0.29) is 4.90 Å². The summed E-state index contributed by atoms with van der Waals surface area (Å²) in [7, 11) is -0.655. The van der Waals surface area contributed by atoms with E-state index in [1.807, 2.05) is 11.4 Å². The van der Waals surface area contributed by atoms with Crippen LogP contribution in [0.3, 0.4) is 0 Å². The molecule has 0 N–H and O–H groups in total. The second-order valence-electron chi connectivity index (χ2n) is 7.05. The van der Waals surface area contributed by atoms with Crippen molar-refractivity contribution in [3.05, 3.63) is 51.8 Å². The molecule has 0 aliphatic carbocycles. The van der Waals surface area contributed by atoms with Crippen molar-refractivity contribution in [1.29, 1.82) is 0 Å². The Labute approximate surface area is 201 Å². The van der Waals surface area contributed by atoms with Crippen molar-refractivity contribution in [2.75, 3.05) is 45.3 Å². The number of piperazine rings is 1. The van der Waals surface area contributed by atoms with Crippen molar-refractivity contribution in [2.45, 2.75) is 4.90 Å². The number of aromatic nitrogens is 1. The van der Waals surface area contributed by atoms with Gasteiger partial charge in [-0.25, -0.2) is 13.4 Å². The van der Waals surface area contributed by atoms with E-state index in [1.165, 1.54) is 42.0 Å². The molecule has 1 aliphatic heterocycles. The van der Waals surface area contributed by atoms with Gasteiger partial charge in [0.05, 0.1) is 34.9 Å². The number of nitrogens with zero attached hydrogens (tertiary/aromatic N) is 3. The fourth-order valence-corrected chi connectivity index (χ4v) is 6.07. The summed E-state index contributed by atoms with van der Waals surface area (Å²) in [4.78, 5) is 6.98. The van der Waals surface area contributed by atoms with Gasteiger partial charge in [-0.1, -0.05) is 29.3 Å². The number of benzene rings is 2. The normalized spacial score (nSPS) is 15.1. The molecule has 170 valence electrons. The second kappa shape index (κ2) is 9.44. The molecule has 4 rings (SSSR count). The van der Waals surface area contributed by atoms with Crippen LogP contribution < -0.4 is 14.4 Å². The fraction of sp³-hybridized carbons (Fsp3) is 0.286. The summed E-state index contributed by atoms with van der Waals surface area (Å²) >= 11 is 13.6. The van der Waals surface area contributed by atoms with Gasteiger partial charge in [0, 0.05) is 43.2 Å². The molecule has 2 aromatic carbocycles. The lowest BCUT2D eigenvalue weighted by Gasteiger charge is -2.33. The maximum atomic E-state index is 13.1. The molecule has 11 heteroatoms. The van der Waals surface area contributed by atoms with Gasteiger partial charge >= 0.3 is 0 Å². The highest BCUT2D eigenvalue weighted by Gasteiger charge is 2.30. The summed E-state index contributed by atoms with van der Waals surface area (Å²) in [6.45, 7) is 1.80. The highest BCUT2D eigenvalue weighted by molar-refractivity contribution is 7.89. The lowest BCUT2D eigenvalue weighted by Crippen LogP contribution is -2.48. The molecule has 1 fully saturated rings. The van der Waals surface area contributed by atoms with Crippen LogP contribution in [-0.4, -0.2) is 58.1 Å². The molecule has 7 nitrogen and oxygen atoms in total. The van der Waals surface area contributed by atoms with Crippen molar-refractivity contribution >= 4 is 49.7 Å². The molecule has 1 saturated heterocycles. The van der Waals surface area contributed by atoms with Gasteiger partial charge in [0.25, 0.3) is 0 Å². The molecule has 0 atom stereocenters. The van der Waals surface area contributed by atoms with Crippen LogP contribution in [0.2, 0.25) is 10.0 Å². The smallest absolute Gasteiger partial charge is 0.243 e. The zero-order chi connectivity index (χ0) is 22.9. The summed E-state index contributed by atoms with van der Waals surface area (Å²) in [6.07, 6.45) is 0. The standard InChI is InChI=1S/C21H21Cl2N3O4S2/c1-29-19-6-4-15(12-20(19)30-2)32(27,28)26-9-7-25(8-10-26)21-24-18(13-31-21)14-3-5-16(22)17(23)11-14/h3-6,11-13H,7-10H2,1-2H3. The minimum absolute atomic E-state index is 0.180. The van der Waals surface area contributed by atoms with E-state index < -0.39 is 10.0 Å². The third kappa shape index (κ3) is 4.53. The van der Waals surface area contributed by atoms with Gasteiger partial charge in [-0.05, 0) is 24.3 Å². The van der Waals surface area contributed by atoms with E-state index in [9.17, 15) is 8.42 Å². The molecule has 0 bridgehead atoms. The number of rotatable bonds is 6. The SMILES string of the molecule is COc1ccc(S(=O)(=O)N2CCN(c3nc(-c4ccc(Cl)c(Cl)c4)cs3)CC2)cc1OC. The van der Waals surface area contributed by atoms with Crippen LogP contribution in [0.15, 0.2) is 46.7 Å². The van der Waals surface area contributed by atoms with E-state index >= 15 is 0 Å². The van der Waals surface area contributed by atoms with Crippen molar-refractivity contribution in [3.8, 4) is 22.8 Å². The summed E-state index contributed by atoms with van der Waals surface area (Å²) in [5.74, 6) is 0.864. The van der Waals surface area contributed by atoms with E-state index in [0.29, 0.717) is 47.7 Å². The topological polar surface area (TPSA) is 72.0 Å². The van der Waals surface area contributed by atoms with Crippen LogP contribution in [0.4, 0.5) is 5.13 Å². The first-order valence-electron chi connectivity index (χ1n) is 9.71. The lowest BCUT2D eigenvalue weighted by atomic mass is 10.2. The van der Waals surface area contributed by atoms with Crippen molar-refractivity contribution in [3.63, 3.8) is 0 Å². The Hall–Kier alpha value is -2.04. The maximum Gasteiger partial charge on any atom is 0.243 e. The first-order chi connectivity index (χ1) is 15.3. The summed E-state index contributed by atoms with van der Waals surface area (Å²) < 4.78 is 38.2. The predicted molar refractivity (Wildman–Crippen MR) is 128 cm³/mol. The third-order valence-electron chi connectivity index (χ3n) is 5.21. The number of hydrogen-bond donors (Lipinski definition) is 0. The molecule has 0 saturated carbocycles. The van der Waals surface area contributed by atoms with Crippen LogP contribution in [0.5, 0.6) is 11.5 Å². The van der Waals surface area contributed by atoms with Crippen LogP contribution in [0, 0.1) is 0 Å². The summed E-state index contributed by atoms with van der Waals surface area (Å²) in [5, 5.41) is 3.78. The molecular formula is C21H21Cl2N3O4S2. The monoisotopic (exact) mass is 513 g/mol. The molecular weight excluding hydrogens is 493 g/mol. The van der Waals surface area contributed by atoms with Crippen LogP contribution >= 0.6 is 34.5 Å². The average molecular weight is 514 g/mol. The number of sulfonamides is 1. The summed E-state index contributed by atoms with van der Waals surface area (Å²) in [6, 6.07) is 10.0. The maximum absolute atomic E-state index is 13.1. The molecule has 0 amide bonds. The minimum atomic E-state index is -3.64. The Balaban J connectivity index is 1.46. The first kappa shape index (κ1) is 23.1. The third-order valence-corrected chi connectivity index (χ3v) is 8.74. The Morgan fingerprint density at radius 2 is 1.66 bits per heavy atom. The number of halogens is 2. The molecule has 0 unspecified atom stereocenters. The number of thiazole rings is 1. The van der Waals surface area contributed by atoms with Gasteiger partial charge in [0.15, 0.2) is 16.6 Å². The Morgan fingerprint density at radius 1 is 0.938 bits per heavy atom. The van der Waals surface area contributed by atoms with Gasteiger partial charge in [0.1, 0.15) is 0 Å². The molecule has 1 aliphatic rings. The summed E-state index contributed by atoms with van der Waals surface area (Å²) in [5.41, 5.74) is 1.69. The predicted octanol–water partition coefficient (Wildman–Crippen LogP) is 4.65. The Kier molecular flexibility index (Phi) is 6.83. The fourth-order valence-electron chi connectivity index (χ4n) is 3.44. The van der Waals surface area contributed by atoms with E-state index in [2.05, 4.69) is 4.90 Å². The number of hydrogen-bond acceptors (Lipinski definition) is 7. The van der Waals surface area contributed by atoms with Gasteiger partial charge in [-0.3, -0.25) is 0 Å². The highest BCUT2D eigenvalue weighted by atomic mass is 35.5. The van der Waals surface area contributed by atoms with E-state index in [1.54, 1.807) is 18.2 Å². The Bertz CT molecular complexity index is 1230. The van der Waals surface area contributed by atoms with Crippen molar-refractivity contribution < 1.29 is 17.9 Å². The van der Waals surface area contributed by atoms with Gasteiger partial charge < -0.3 is 14.4 Å². The van der Waals surface area contributed by atoms with Crippen LogP contribution in [-0.2, 0) is 10.0 Å². The first-order valence-corrected chi connectivity index (χ1v) is 12.8. The lowest BCUT2D eigenvalue weighted by molar-refractivity contribution is 0.353. The van der Waals surface area contributed by atoms with Crippen LogP contribution in [0.1, 0.15) is 0 Å². The minimum Gasteiger partial charge on any atom is -0.493 e. The molecule has 0 spiro atoms. The molecule has 32 heavy (non-hydrogen) atoms. The highest BCUT2D eigenvalue weighted by Crippen LogP contribution is 2.33.